The Hall–Kier alpha value is -4.23. The first-order chi connectivity index (χ1) is 21.0. The molecule has 0 N–H and O–H groups in total. The minimum atomic E-state index is -0.423. The van der Waals surface area contributed by atoms with Gasteiger partial charge in [0.05, 0.1) is 66.1 Å². The van der Waals surface area contributed by atoms with E-state index in [1.165, 1.54) is 0 Å². The highest BCUT2D eigenvalue weighted by atomic mass is 16.6. The smallest absolute Gasteiger partial charge is 0.333 e. The zero-order chi connectivity index (χ0) is 30.7. The molecule has 0 atom stereocenters. The van der Waals surface area contributed by atoms with Gasteiger partial charge in [0.1, 0.15) is 48.2 Å². The first kappa shape index (κ1) is 33.3. The Kier molecular flexibility index (Phi) is 14.7. The van der Waals surface area contributed by atoms with Gasteiger partial charge in [-0.2, -0.15) is 10.5 Å². The van der Waals surface area contributed by atoms with Gasteiger partial charge in [-0.25, -0.2) is 4.79 Å². The van der Waals surface area contributed by atoms with Crippen LogP contribution in [0.25, 0.3) is 5.57 Å². The van der Waals surface area contributed by atoms with Crippen molar-refractivity contribution in [2.75, 3.05) is 79.3 Å². The summed E-state index contributed by atoms with van der Waals surface area (Å²) in [7, 11) is 0. The van der Waals surface area contributed by atoms with Gasteiger partial charge < -0.3 is 37.9 Å². The van der Waals surface area contributed by atoms with Crippen molar-refractivity contribution in [3.8, 4) is 29.4 Å². The number of fused-ring (bicyclic) bond motifs is 2. The molecular weight excluding hydrogens is 556 g/mol. The van der Waals surface area contributed by atoms with Gasteiger partial charge in [-0.05, 0) is 25.1 Å². The fraction of sp³-hybridized carbons (Fsp3) is 0.406. The summed E-state index contributed by atoms with van der Waals surface area (Å²) in [5.74, 6) is 1.25. The number of nitrogens with zero attached hydrogens (tertiary/aromatic N) is 2. The maximum absolute atomic E-state index is 11.2. The normalized spacial score (nSPS) is 11.4. The Labute approximate surface area is 251 Å². The summed E-state index contributed by atoms with van der Waals surface area (Å²) in [4.78, 5) is 11.2. The molecule has 0 radical (unpaired) electrons. The van der Waals surface area contributed by atoms with Crippen LogP contribution in [0.1, 0.15) is 18.1 Å². The van der Waals surface area contributed by atoms with E-state index in [0.717, 1.165) is 0 Å². The molecule has 0 spiro atoms. The quantitative estimate of drug-likeness (QED) is 0.0806. The predicted molar refractivity (Wildman–Crippen MR) is 156 cm³/mol. The average Bonchev–Trinajstić information content (AvgIpc) is 3.02. The van der Waals surface area contributed by atoms with Crippen molar-refractivity contribution in [3.63, 3.8) is 0 Å². The van der Waals surface area contributed by atoms with Gasteiger partial charge in [-0.15, -0.1) is 0 Å². The number of carbonyl (C=O) groups is 1. The van der Waals surface area contributed by atoms with Crippen LogP contribution in [0.5, 0.6) is 17.2 Å². The molecule has 1 aliphatic rings. The summed E-state index contributed by atoms with van der Waals surface area (Å²) >= 11 is 0. The summed E-state index contributed by atoms with van der Waals surface area (Å²) in [5.41, 5.74) is 2.30. The van der Waals surface area contributed by atoms with Crippen LogP contribution in [0.3, 0.4) is 0 Å². The number of ether oxygens (including phenoxy) is 8. The molecule has 3 rings (SSSR count). The van der Waals surface area contributed by atoms with E-state index in [9.17, 15) is 15.3 Å². The van der Waals surface area contributed by atoms with E-state index in [-0.39, 0.29) is 12.2 Å². The molecule has 2 aromatic carbocycles. The summed E-state index contributed by atoms with van der Waals surface area (Å²) in [6, 6.07) is 16.6. The Morgan fingerprint density at radius 1 is 0.721 bits per heavy atom. The van der Waals surface area contributed by atoms with Crippen molar-refractivity contribution in [3.05, 3.63) is 71.3 Å². The van der Waals surface area contributed by atoms with E-state index in [2.05, 4.69) is 6.58 Å². The lowest BCUT2D eigenvalue weighted by molar-refractivity contribution is -0.140. The standard InChI is InChI=1S/C32H36N2O9/c1-24(2)32(35)42-20-18-40-16-14-38-12-10-36-9-11-37-13-15-39-17-19-41-26-7-8-28-30(21-26)43-29-6-4-3-5-27(29)31(28)25(22-33)23-34/h3-8,21H,1,9-20H2,2H3. The molecule has 0 aliphatic carbocycles. The number of benzene rings is 2. The maximum Gasteiger partial charge on any atom is 0.333 e. The topological polar surface area (TPSA) is 138 Å². The minimum Gasteiger partial charge on any atom is -0.491 e. The zero-order valence-electron chi connectivity index (χ0n) is 24.3. The molecule has 1 aliphatic heterocycles. The second-order valence-electron chi connectivity index (χ2n) is 9.06. The van der Waals surface area contributed by atoms with Crippen LogP contribution in [0.2, 0.25) is 0 Å². The largest absolute Gasteiger partial charge is 0.491 e. The van der Waals surface area contributed by atoms with Gasteiger partial charge in [0.2, 0.25) is 0 Å². The average molecular weight is 593 g/mol. The van der Waals surface area contributed by atoms with Crippen LogP contribution in [-0.4, -0.2) is 85.3 Å². The molecule has 0 saturated carbocycles. The van der Waals surface area contributed by atoms with Crippen LogP contribution in [0.15, 0.2) is 60.2 Å². The van der Waals surface area contributed by atoms with Gasteiger partial charge in [-0.1, -0.05) is 24.8 Å². The summed E-state index contributed by atoms with van der Waals surface area (Å²) < 4.78 is 43.9. The maximum atomic E-state index is 11.2. The van der Waals surface area contributed by atoms with Gasteiger partial charge >= 0.3 is 5.97 Å². The van der Waals surface area contributed by atoms with Crippen molar-refractivity contribution in [1.29, 1.82) is 10.5 Å². The van der Waals surface area contributed by atoms with Crippen LogP contribution in [-0.2, 0) is 33.2 Å². The van der Waals surface area contributed by atoms with E-state index in [1.807, 2.05) is 30.3 Å². The third kappa shape index (κ3) is 11.2. The number of allylic oxidation sites excluding steroid dienone is 1. The molecule has 11 heteroatoms. The summed E-state index contributed by atoms with van der Waals surface area (Å²) in [6.45, 7) is 9.76. The molecule has 0 amide bonds. The van der Waals surface area contributed by atoms with Crippen LogP contribution >= 0.6 is 0 Å². The van der Waals surface area contributed by atoms with Crippen molar-refractivity contribution in [2.24, 2.45) is 0 Å². The zero-order valence-corrected chi connectivity index (χ0v) is 24.3. The van der Waals surface area contributed by atoms with E-state index in [4.69, 9.17) is 37.9 Å². The highest BCUT2D eigenvalue weighted by Gasteiger charge is 2.25. The monoisotopic (exact) mass is 592 g/mol. The predicted octanol–water partition coefficient (Wildman–Crippen LogP) is 4.22. The van der Waals surface area contributed by atoms with Crippen molar-refractivity contribution < 1.29 is 42.7 Å². The number of carbonyl (C=O) groups excluding carboxylic acids is 1. The van der Waals surface area contributed by atoms with Crippen molar-refractivity contribution in [2.45, 2.75) is 6.92 Å². The van der Waals surface area contributed by atoms with Crippen LogP contribution in [0, 0.1) is 22.7 Å². The lowest BCUT2D eigenvalue weighted by atomic mass is 9.90. The van der Waals surface area contributed by atoms with Crippen LogP contribution in [0.4, 0.5) is 0 Å². The Morgan fingerprint density at radius 3 is 1.79 bits per heavy atom. The van der Waals surface area contributed by atoms with E-state index in [0.29, 0.717) is 112 Å². The molecule has 0 fully saturated rings. The number of esters is 1. The highest BCUT2D eigenvalue weighted by Crippen LogP contribution is 2.45. The fourth-order valence-electron chi connectivity index (χ4n) is 3.83. The lowest BCUT2D eigenvalue weighted by Gasteiger charge is -2.23. The molecule has 2 aromatic rings. The summed E-state index contributed by atoms with van der Waals surface area (Å²) in [6.07, 6.45) is 0. The minimum absolute atomic E-state index is 0.0257. The molecule has 0 saturated heterocycles. The van der Waals surface area contributed by atoms with E-state index < -0.39 is 5.97 Å². The Morgan fingerprint density at radius 2 is 1.23 bits per heavy atom. The number of hydrogen-bond donors (Lipinski definition) is 0. The molecule has 0 aromatic heterocycles. The van der Waals surface area contributed by atoms with Gasteiger partial charge in [0.25, 0.3) is 0 Å². The van der Waals surface area contributed by atoms with Crippen LogP contribution < -0.4 is 9.47 Å². The number of rotatable bonds is 20. The van der Waals surface area contributed by atoms with Gasteiger partial charge in [0, 0.05) is 28.3 Å². The second kappa shape index (κ2) is 19.1. The molecule has 228 valence electrons. The molecule has 1 heterocycles. The Balaban J connectivity index is 1.19. The number of nitriles is 2. The fourth-order valence-corrected chi connectivity index (χ4v) is 3.83. The SMILES string of the molecule is C=C(C)C(=O)OCCOCCOCCOCCOCCOCCOc1ccc2c(c1)Oc1ccccc1C2=C(C#N)C#N. The highest BCUT2D eigenvalue weighted by molar-refractivity contribution is 5.93. The number of para-hydroxylation sites is 1. The van der Waals surface area contributed by atoms with Crippen molar-refractivity contribution in [1.82, 2.24) is 0 Å². The third-order valence-corrected chi connectivity index (χ3v) is 5.87. The molecule has 43 heavy (non-hydrogen) atoms. The third-order valence-electron chi connectivity index (χ3n) is 5.87. The van der Waals surface area contributed by atoms with Gasteiger partial charge in [-0.3, -0.25) is 0 Å². The Bertz CT molecular complexity index is 1310. The summed E-state index contributed by atoms with van der Waals surface area (Å²) in [5, 5.41) is 19.0. The first-order valence-electron chi connectivity index (χ1n) is 13.9. The van der Waals surface area contributed by atoms with E-state index in [1.54, 1.807) is 31.2 Å². The second-order valence-corrected chi connectivity index (χ2v) is 9.06. The number of hydrogen-bond acceptors (Lipinski definition) is 11. The molecule has 11 nitrogen and oxygen atoms in total. The lowest BCUT2D eigenvalue weighted by Crippen LogP contribution is -2.15. The molecular formula is C32H36N2O9. The van der Waals surface area contributed by atoms with Gasteiger partial charge in [0.15, 0.2) is 0 Å². The molecule has 0 bridgehead atoms. The first-order valence-corrected chi connectivity index (χ1v) is 13.9. The van der Waals surface area contributed by atoms with Crippen molar-refractivity contribution >= 4 is 11.5 Å². The van der Waals surface area contributed by atoms with E-state index >= 15 is 0 Å². The molecule has 0 unspecified atom stereocenters.